The fourth-order valence-corrected chi connectivity index (χ4v) is 10.6. The van der Waals surface area contributed by atoms with Crippen molar-refractivity contribution < 1.29 is 4.57 Å². The van der Waals surface area contributed by atoms with Gasteiger partial charge in [0.15, 0.2) is 7.14 Å². The van der Waals surface area contributed by atoms with Gasteiger partial charge in [-0.25, -0.2) is 0 Å². The van der Waals surface area contributed by atoms with Crippen molar-refractivity contribution in [2.75, 3.05) is 0 Å². The molecule has 2 aliphatic rings. The molecule has 45 heavy (non-hydrogen) atoms. The van der Waals surface area contributed by atoms with Crippen LogP contribution in [0.1, 0.15) is 22.6 Å². The lowest BCUT2D eigenvalue weighted by Crippen LogP contribution is -2.21. The third-order valence-corrected chi connectivity index (χ3v) is 12.7. The smallest absolute Gasteiger partial charge is 0.172 e. The van der Waals surface area contributed by atoms with E-state index in [4.69, 9.17) is 0 Å². The van der Waals surface area contributed by atoms with Gasteiger partial charge in [-0.15, -0.1) is 0 Å². The molecule has 212 valence electrons. The first-order valence-corrected chi connectivity index (χ1v) is 17.2. The number of hydrogen-bond acceptors (Lipinski definition) is 1. The summed E-state index contributed by atoms with van der Waals surface area (Å²) in [4.78, 5) is 0. The van der Waals surface area contributed by atoms with E-state index in [1.54, 1.807) is 0 Å². The summed E-state index contributed by atoms with van der Waals surface area (Å²) >= 11 is 0. The quantitative estimate of drug-likeness (QED) is 0.186. The maximum absolute atomic E-state index is 15.7. The number of rotatable bonds is 4. The van der Waals surface area contributed by atoms with Crippen molar-refractivity contribution in [2.24, 2.45) is 0 Å². The Hall–Kier alpha value is -5.23. The van der Waals surface area contributed by atoms with E-state index >= 15 is 4.57 Å². The Morgan fingerprint density at radius 1 is 0.378 bits per heavy atom. The van der Waals surface area contributed by atoms with E-state index in [-0.39, 0.29) is 5.92 Å². The van der Waals surface area contributed by atoms with Crippen LogP contribution in [-0.2, 0) is 4.57 Å². The van der Waals surface area contributed by atoms with Crippen molar-refractivity contribution >= 4 is 23.1 Å². The predicted octanol–water partition coefficient (Wildman–Crippen LogP) is 9.80. The average molecular weight is 593 g/mol. The fourth-order valence-electron chi connectivity index (χ4n) is 7.46. The van der Waals surface area contributed by atoms with Crippen LogP contribution in [0.3, 0.4) is 0 Å². The Kier molecular flexibility index (Phi) is 5.92. The second-order valence-corrected chi connectivity index (χ2v) is 14.7. The molecule has 1 aliphatic carbocycles. The molecular formula is C43H29OP. The Bertz CT molecular complexity index is 2270. The van der Waals surface area contributed by atoms with Gasteiger partial charge in [0, 0.05) is 21.8 Å². The molecule has 0 saturated heterocycles. The van der Waals surface area contributed by atoms with Crippen LogP contribution in [0.15, 0.2) is 170 Å². The normalized spacial score (nSPS) is 17.3. The Balaban J connectivity index is 1.30. The number of hydrogen-bond donors (Lipinski definition) is 0. The first kappa shape index (κ1) is 26.2. The predicted molar refractivity (Wildman–Crippen MR) is 189 cm³/mol. The van der Waals surface area contributed by atoms with Crippen molar-refractivity contribution in [1.29, 1.82) is 0 Å². The fraction of sp³-hybridized carbons (Fsp3) is 0.0233. The van der Waals surface area contributed by atoms with E-state index in [0.29, 0.717) is 0 Å². The third kappa shape index (κ3) is 3.98. The van der Waals surface area contributed by atoms with Crippen LogP contribution < -0.4 is 15.9 Å². The summed E-state index contributed by atoms with van der Waals surface area (Å²) in [5, 5.41) is 2.76. The molecule has 0 N–H and O–H groups in total. The third-order valence-electron chi connectivity index (χ3n) is 9.56. The topological polar surface area (TPSA) is 17.1 Å². The van der Waals surface area contributed by atoms with Crippen molar-refractivity contribution in [1.82, 2.24) is 0 Å². The molecule has 2 unspecified atom stereocenters. The average Bonchev–Trinajstić information content (AvgIpc) is 3.57. The summed E-state index contributed by atoms with van der Waals surface area (Å²) in [6.45, 7) is 0. The maximum atomic E-state index is 15.7. The number of fused-ring (bicyclic) bond motifs is 6. The maximum Gasteiger partial charge on any atom is 0.172 e. The summed E-state index contributed by atoms with van der Waals surface area (Å²) in [5.74, 6) is 0.0916. The Morgan fingerprint density at radius 2 is 0.889 bits per heavy atom. The van der Waals surface area contributed by atoms with Crippen LogP contribution in [0.25, 0.3) is 44.5 Å². The minimum Gasteiger partial charge on any atom is -0.309 e. The SMILES string of the molecule is O=P1(c2ccccc2)c2cc(-c3ccccc3)ccc2-c2cc3c(cc21)-c1ccc(-c2ccccc2)cc1C3c1ccccc1. The monoisotopic (exact) mass is 592 g/mol. The zero-order chi connectivity index (χ0) is 30.0. The Labute approximate surface area is 263 Å². The minimum absolute atomic E-state index is 0.0916. The molecular weight excluding hydrogens is 563 g/mol. The van der Waals surface area contributed by atoms with Crippen molar-refractivity contribution in [3.63, 3.8) is 0 Å². The van der Waals surface area contributed by atoms with E-state index in [2.05, 4.69) is 133 Å². The van der Waals surface area contributed by atoms with Gasteiger partial charge in [0.2, 0.25) is 0 Å². The zero-order valence-corrected chi connectivity index (χ0v) is 25.5. The van der Waals surface area contributed by atoms with Crippen LogP contribution in [-0.4, -0.2) is 0 Å². The summed E-state index contributed by atoms with van der Waals surface area (Å²) in [6, 6.07) is 60.0. The molecule has 1 nitrogen and oxygen atoms in total. The molecule has 0 saturated carbocycles. The summed E-state index contributed by atoms with van der Waals surface area (Å²) in [7, 11) is -3.14. The molecule has 0 radical (unpaired) electrons. The van der Waals surface area contributed by atoms with Gasteiger partial charge in [-0.3, -0.25) is 0 Å². The van der Waals surface area contributed by atoms with Crippen molar-refractivity contribution in [3.8, 4) is 44.5 Å². The molecule has 0 spiro atoms. The Morgan fingerprint density at radius 3 is 1.53 bits per heavy atom. The molecule has 9 rings (SSSR count). The van der Waals surface area contributed by atoms with Gasteiger partial charge in [0.1, 0.15) is 0 Å². The van der Waals surface area contributed by atoms with Crippen LogP contribution in [0, 0.1) is 0 Å². The molecule has 0 aromatic heterocycles. The van der Waals surface area contributed by atoms with Gasteiger partial charge in [-0.1, -0.05) is 146 Å². The zero-order valence-electron chi connectivity index (χ0n) is 24.6. The minimum atomic E-state index is -3.14. The standard InChI is InChI=1S/C43H29OP/c44-45(34-19-11-4-12-20-34)41-26-33(30-15-7-2-8-16-30)22-24-36(41)38-27-40-37(28-42(38)45)35-23-21-32(29-13-5-1-6-14-29)25-39(35)43(40)31-17-9-3-10-18-31/h1-28,43H. The van der Waals surface area contributed by atoms with Crippen LogP contribution in [0.5, 0.6) is 0 Å². The first-order valence-electron chi connectivity index (χ1n) is 15.5. The lowest BCUT2D eigenvalue weighted by molar-refractivity contribution is 0.593. The second-order valence-electron chi connectivity index (χ2n) is 12.0. The molecule has 2 atom stereocenters. The lowest BCUT2D eigenvalue weighted by atomic mass is 9.87. The molecule has 2 heteroatoms. The highest BCUT2D eigenvalue weighted by Crippen LogP contribution is 2.57. The molecule has 7 aromatic rings. The van der Waals surface area contributed by atoms with Crippen molar-refractivity contribution in [3.05, 3.63) is 187 Å². The largest absolute Gasteiger partial charge is 0.309 e. The van der Waals surface area contributed by atoms with Crippen LogP contribution >= 0.6 is 7.14 Å². The lowest BCUT2D eigenvalue weighted by Gasteiger charge is -2.18. The van der Waals surface area contributed by atoms with Gasteiger partial charge in [-0.05, 0) is 85.5 Å². The molecule has 0 fully saturated rings. The van der Waals surface area contributed by atoms with Gasteiger partial charge in [0.05, 0.1) is 0 Å². The highest BCUT2D eigenvalue weighted by Gasteiger charge is 2.43. The summed E-state index contributed by atoms with van der Waals surface area (Å²) in [6.07, 6.45) is 0. The summed E-state index contributed by atoms with van der Waals surface area (Å²) < 4.78 is 15.7. The molecule has 1 aliphatic heterocycles. The highest BCUT2D eigenvalue weighted by molar-refractivity contribution is 7.86. The van der Waals surface area contributed by atoms with Gasteiger partial charge in [0.25, 0.3) is 0 Å². The van der Waals surface area contributed by atoms with Gasteiger partial charge in [-0.2, -0.15) is 0 Å². The highest BCUT2D eigenvalue weighted by atomic mass is 31.2. The van der Waals surface area contributed by atoms with E-state index < -0.39 is 7.14 Å². The van der Waals surface area contributed by atoms with E-state index in [1.165, 1.54) is 38.9 Å². The van der Waals surface area contributed by atoms with Crippen molar-refractivity contribution in [2.45, 2.75) is 5.92 Å². The molecule has 7 aromatic carbocycles. The number of benzene rings is 7. The summed E-state index contributed by atoms with van der Waals surface area (Å²) in [5.41, 5.74) is 13.1. The first-order chi connectivity index (χ1) is 22.2. The molecule has 1 heterocycles. The van der Waals surface area contributed by atoms with Crippen LogP contribution in [0.2, 0.25) is 0 Å². The van der Waals surface area contributed by atoms with Crippen LogP contribution in [0.4, 0.5) is 0 Å². The molecule has 0 amide bonds. The second kappa shape index (κ2) is 10.2. The van der Waals surface area contributed by atoms with Gasteiger partial charge >= 0.3 is 0 Å². The van der Waals surface area contributed by atoms with Gasteiger partial charge < -0.3 is 4.57 Å². The van der Waals surface area contributed by atoms with E-state index in [9.17, 15) is 0 Å². The van der Waals surface area contributed by atoms with E-state index in [0.717, 1.165) is 38.2 Å². The molecule has 0 bridgehead atoms. The van der Waals surface area contributed by atoms with E-state index in [1.807, 2.05) is 36.4 Å².